The molecule has 0 saturated carbocycles. The lowest BCUT2D eigenvalue weighted by atomic mass is 10.1. The molecule has 0 radical (unpaired) electrons. The molecule has 134 valence electrons. The number of aliphatic hydroxyl groups excluding tert-OH is 1. The summed E-state index contributed by atoms with van der Waals surface area (Å²) in [6, 6.07) is 14.1. The lowest BCUT2D eigenvalue weighted by Crippen LogP contribution is -2.25. The lowest BCUT2D eigenvalue weighted by Gasteiger charge is -2.21. The number of aromatic nitrogens is 2. The van der Waals surface area contributed by atoms with Crippen LogP contribution in [0.1, 0.15) is 17.8 Å². The van der Waals surface area contributed by atoms with Crippen molar-refractivity contribution >= 4 is 17.0 Å². The third kappa shape index (κ3) is 3.57. The Morgan fingerprint density at radius 2 is 2.04 bits per heavy atom. The number of aliphatic hydroxyl groups is 1. The molecule has 1 aliphatic heterocycles. The molecule has 1 aliphatic rings. The Balaban J connectivity index is 1.50. The maximum Gasteiger partial charge on any atom is 0.273 e. The third-order valence-corrected chi connectivity index (χ3v) is 5.37. The lowest BCUT2D eigenvalue weighted by molar-refractivity contribution is 0.223. The topological polar surface area (TPSA) is 58.5 Å². The van der Waals surface area contributed by atoms with Crippen molar-refractivity contribution in [2.75, 3.05) is 18.0 Å². The van der Waals surface area contributed by atoms with E-state index in [1.807, 2.05) is 48.7 Å². The molecular weight excluding hydrogens is 346 g/mol. The molecule has 0 bridgehead atoms. The van der Waals surface area contributed by atoms with E-state index in [4.69, 9.17) is 4.74 Å². The highest BCUT2D eigenvalue weighted by Crippen LogP contribution is 2.29. The van der Waals surface area contributed by atoms with Gasteiger partial charge in [0.15, 0.2) is 0 Å². The zero-order valence-electron chi connectivity index (χ0n) is 14.6. The van der Waals surface area contributed by atoms with E-state index in [1.165, 1.54) is 11.3 Å². The van der Waals surface area contributed by atoms with Crippen LogP contribution >= 0.6 is 11.3 Å². The Labute approximate surface area is 156 Å². The minimum Gasteiger partial charge on any atom is -0.465 e. The zero-order valence-corrected chi connectivity index (χ0v) is 15.4. The van der Waals surface area contributed by atoms with Gasteiger partial charge in [0.05, 0.1) is 35.9 Å². The summed E-state index contributed by atoms with van der Waals surface area (Å²) in [6.07, 6.45) is 1.05. The minimum absolute atomic E-state index is 0.0797. The van der Waals surface area contributed by atoms with Gasteiger partial charge in [-0.2, -0.15) is 0 Å². The normalized spacial score (nSPS) is 16.8. The predicted octanol–water partition coefficient (Wildman–Crippen LogP) is 3.66. The Hall–Kier alpha value is -2.44. The van der Waals surface area contributed by atoms with Crippen LogP contribution in [0.2, 0.25) is 0 Å². The molecule has 0 spiro atoms. The first-order valence-corrected chi connectivity index (χ1v) is 9.61. The van der Waals surface area contributed by atoms with Crippen LogP contribution < -0.4 is 9.64 Å². The fraction of sp³-hybridized carbons (Fsp3) is 0.300. The highest BCUT2D eigenvalue weighted by atomic mass is 32.1. The van der Waals surface area contributed by atoms with E-state index in [0.29, 0.717) is 5.69 Å². The van der Waals surface area contributed by atoms with Gasteiger partial charge in [-0.05, 0) is 19.1 Å². The number of thiazole rings is 1. The van der Waals surface area contributed by atoms with Crippen LogP contribution in [0, 0.1) is 6.92 Å². The predicted molar refractivity (Wildman–Crippen MR) is 104 cm³/mol. The van der Waals surface area contributed by atoms with Gasteiger partial charge in [0.25, 0.3) is 5.19 Å². The van der Waals surface area contributed by atoms with E-state index in [1.54, 1.807) is 0 Å². The van der Waals surface area contributed by atoms with Crippen molar-refractivity contribution in [2.24, 2.45) is 0 Å². The molecule has 1 fully saturated rings. The number of pyridine rings is 1. The molecule has 3 heterocycles. The van der Waals surface area contributed by atoms with Crippen LogP contribution in [0.3, 0.4) is 0 Å². The fourth-order valence-electron chi connectivity index (χ4n) is 3.24. The fourth-order valence-corrected chi connectivity index (χ4v) is 3.95. The van der Waals surface area contributed by atoms with E-state index in [0.717, 1.165) is 47.3 Å². The molecule has 1 atom stereocenters. The quantitative estimate of drug-likeness (QED) is 0.746. The van der Waals surface area contributed by atoms with Crippen LogP contribution in [0.5, 0.6) is 5.19 Å². The number of rotatable bonds is 5. The van der Waals surface area contributed by atoms with E-state index in [-0.39, 0.29) is 12.7 Å². The first-order valence-electron chi connectivity index (χ1n) is 8.73. The molecule has 0 aliphatic carbocycles. The molecule has 5 nitrogen and oxygen atoms in total. The van der Waals surface area contributed by atoms with Crippen molar-refractivity contribution in [3.8, 4) is 16.5 Å². The highest BCUT2D eigenvalue weighted by Gasteiger charge is 2.27. The molecule has 6 heteroatoms. The maximum atomic E-state index is 9.83. The van der Waals surface area contributed by atoms with Crippen LogP contribution in [0.4, 0.5) is 5.69 Å². The molecule has 2 aromatic heterocycles. The molecule has 26 heavy (non-hydrogen) atoms. The van der Waals surface area contributed by atoms with Crippen molar-refractivity contribution in [3.05, 3.63) is 59.2 Å². The Morgan fingerprint density at radius 1 is 1.19 bits per heavy atom. The molecule has 4 rings (SSSR count). The number of anilines is 1. The molecule has 1 aromatic carbocycles. The average Bonchev–Trinajstić information content (AvgIpc) is 3.31. The first-order chi connectivity index (χ1) is 12.7. The molecule has 3 aromatic rings. The van der Waals surface area contributed by atoms with E-state index in [2.05, 4.69) is 20.9 Å². The number of hydrogen-bond donors (Lipinski definition) is 1. The van der Waals surface area contributed by atoms with Crippen LogP contribution in [-0.4, -0.2) is 34.3 Å². The monoisotopic (exact) mass is 367 g/mol. The van der Waals surface area contributed by atoms with Crippen molar-refractivity contribution in [2.45, 2.75) is 26.1 Å². The summed E-state index contributed by atoms with van der Waals surface area (Å²) in [5.41, 5.74) is 4.60. The number of aryl methyl sites for hydroxylation is 1. The van der Waals surface area contributed by atoms with E-state index < -0.39 is 0 Å². The first kappa shape index (κ1) is 17.0. The second-order valence-electron chi connectivity index (χ2n) is 6.42. The molecule has 0 unspecified atom stereocenters. The van der Waals surface area contributed by atoms with Gasteiger partial charge < -0.3 is 14.7 Å². The number of nitrogens with zero attached hydrogens (tertiary/aromatic N) is 3. The van der Waals surface area contributed by atoms with Gasteiger partial charge >= 0.3 is 0 Å². The van der Waals surface area contributed by atoms with E-state index >= 15 is 0 Å². The Kier molecular flexibility index (Phi) is 4.86. The summed E-state index contributed by atoms with van der Waals surface area (Å²) in [7, 11) is 0. The summed E-state index contributed by atoms with van der Waals surface area (Å²) in [5.74, 6) is 0. The van der Waals surface area contributed by atoms with Gasteiger partial charge in [-0.15, -0.1) is 0 Å². The van der Waals surface area contributed by atoms with Gasteiger partial charge in [-0.3, -0.25) is 0 Å². The molecule has 1 N–H and O–H groups in total. The summed E-state index contributed by atoms with van der Waals surface area (Å²) in [4.78, 5) is 11.3. The molecule has 0 amide bonds. The van der Waals surface area contributed by atoms with Crippen molar-refractivity contribution in [1.82, 2.24) is 9.97 Å². The van der Waals surface area contributed by atoms with Crippen LogP contribution in [-0.2, 0) is 6.61 Å². The minimum atomic E-state index is -0.0797. The van der Waals surface area contributed by atoms with Gasteiger partial charge in [0, 0.05) is 23.9 Å². The summed E-state index contributed by atoms with van der Waals surface area (Å²) in [5, 5.41) is 12.6. The highest BCUT2D eigenvalue weighted by molar-refractivity contribution is 7.11. The van der Waals surface area contributed by atoms with Crippen molar-refractivity contribution in [3.63, 3.8) is 0 Å². The Bertz CT molecular complexity index is 882. The number of ether oxygens (including phenoxy) is 1. The SMILES string of the molecule is Cc1csc(O[C@H]2CCN(c3ccc(-c4ccccc4)nc3CO)C2)n1. The van der Waals surface area contributed by atoms with Gasteiger partial charge in [-0.25, -0.2) is 9.97 Å². The molecular formula is C20H21N3O2S. The zero-order chi connectivity index (χ0) is 17.9. The standard InChI is InChI=1S/C20H21N3O2S/c1-14-13-26-20(21-14)25-16-9-10-23(11-16)19-8-7-17(22-18(19)12-24)15-5-3-2-4-6-15/h2-8,13,16,24H,9-12H2,1H3/t16-/m0/s1. The van der Waals surface area contributed by atoms with Crippen molar-refractivity contribution in [1.29, 1.82) is 0 Å². The number of hydrogen-bond acceptors (Lipinski definition) is 6. The Morgan fingerprint density at radius 3 is 2.77 bits per heavy atom. The van der Waals surface area contributed by atoms with Crippen molar-refractivity contribution < 1.29 is 9.84 Å². The number of benzene rings is 1. The second kappa shape index (κ2) is 7.43. The summed E-state index contributed by atoms with van der Waals surface area (Å²) in [6.45, 7) is 3.55. The largest absolute Gasteiger partial charge is 0.465 e. The third-order valence-electron chi connectivity index (χ3n) is 4.52. The van der Waals surface area contributed by atoms with E-state index in [9.17, 15) is 5.11 Å². The van der Waals surface area contributed by atoms with Crippen LogP contribution in [0.15, 0.2) is 47.8 Å². The summed E-state index contributed by atoms with van der Waals surface area (Å²) < 4.78 is 6.00. The van der Waals surface area contributed by atoms with Gasteiger partial charge in [0.1, 0.15) is 6.10 Å². The van der Waals surface area contributed by atoms with Gasteiger partial charge in [0.2, 0.25) is 0 Å². The summed E-state index contributed by atoms with van der Waals surface area (Å²) >= 11 is 1.54. The van der Waals surface area contributed by atoms with Gasteiger partial charge in [-0.1, -0.05) is 41.7 Å². The van der Waals surface area contributed by atoms with Crippen LogP contribution in [0.25, 0.3) is 11.3 Å². The smallest absolute Gasteiger partial charge is 0.273 e. The average molecular weight is 367 g/mol. The second-order valence-corrected chi connectivity index (χ2v) is 7.24. The molecule has 1 saturated heterocycles. The maximum absolute atomic E-state index is 9.83.